The van der Waals surface area contributed by atoms with E-state index in [-0.39, 0.29) is 42.7 Å². The van der Waals surface area contributed by atoms with Crippen molar-refractivity contribution >= 4 is 29.3 Å². The lowest BCUT2D eigenvalue weighted by Gasteiger charge is -2.17. The van der Waals surface area contributed by atoms with Crippen LogP contribution in [0, 0.1) is 0 Å². The number of fused-ring (bicyclic) bond motifs is 1. The molecule has 0 radical (unpaired) electrons. The fourth-order valence-corrected chi connectivity index (χ4v) is 4.43. The van der Waals surface area contributed by atoms with Gasteiger partial charge in [-0.3, -0.25) is 4.98 Å². The van der Waals surface area contributed by atoms with Crippen molar-refractivity contribution in [2.75, 3.05) is 20.7 Å². The second kappa shape index (κ2) is 12.0. The van der Waals surface area contributed by atoms with E-state index in [0.29, 0.717) is 39.8 Å². The van der Waals surface area contributed by atoms with Gasteiger partial charge in [-0.15, -0.1) is 12.4 Å². The summed E-state index contributed by atoms with van der Waals surface area (Å²) in [7, 11) is 5.42. The summed E-state index contributed by atoms with van der Waals surface area (Å²) in [4.78, 5) is 19.3. The Labute approximate surface area is 230 Å². The smallest absolute Gasteiger partial charge is 0.416 e. The summed E-state index contributed by atoms with van der Waals surface area (Å²) >= 11 is 0. The van der Waals surface area contributed by atoms with Gasteiger partial charge >= 0.3 is 12.1 Å². The minimum Gasteiger partial charge on any atom is -0.507 e. The van der Waals surface area contributed by atoms with Crippen LogP contribution >= 0.6 is 12.4 Å². The molecule has 0 saturated heterocycles. The maximum absolute atomic E-state index is 13.2. The molecule has 4 rings (SSSR count). The number of hydrogen-bond donors (Lipinski definition) is 1. The topological polar surface area (TPSA) is 76.8 Å². The molecule has 2 heterocycles. The Kier molecular flexibility index (Phi) is 9.14. The van der Waals surface area contributed by atoms with Gasteiger partial charge in [0.25, 0.3) is 0 Å². The molecule has 0 fully saturated rings. The fourth-order valence-electron chi connectivity index (χ4n) is 4.43. The highest BCUT2D eigenvalue weighted by molar-refractivity contribution is 6.09. The predicted octanol–water partition coefficient (Wildman–Crippen LogP) is 6.20. The lowest BCUT2D eigenvalue weighted by Crippen LogP contribution is -2.14. The predicted molar refractivity (Wildman–Crippen MR) is 144 cm³/mol. The van der Waals surface area contributed by atoms with E-state index in [1.165, 1.54) is 12.1 Å². The first kappa shape index (κ1) is 29.8. The minimum atomic E-state index is -4.52. The van der Waals surface area contributed by atoms with Crippen LogP contribution in [0.4, 0.5) is 13.2 Å². The Bertz CT molecular complexity index is 1470. The highest BCUT2D eigenvalue weighted by Crippen LogP contribution is 2.42. The van der Waals surface area contributed by atoms with E-state index >= 15 is 0 Å². The number of pyridine rings is 1. The van der Waals surface area contributed by atoms with Crippen molar-refractivity contribution in [3.63, 3.8) is 0 Å². The Morgan fingerprint density at radius 1 is 1.15 bits per heavy atom. The summed E-state index contributed by atoms with van der Waals surface area (Å²) in [5, 5.41) is 11.9. The molecule has 0 spiro atoms. The number of phenolic OH excluding ortho intramolecular Hbond substituents is 1. The number of aromatic hydroxyl groups is 1. The van der Waals surface area contributed by atoms with Crippen molar-refractivity contribution in [2.45, 2.75) is 26.3 Å². The van der Waals surface area contributed by atoms with Gasteiger partial charge in [0, 0.05) is 48.1 Å². The van der Waals surface area contributed by atoms with E-state index in [2.05, 4.69) is 4.98 Å². The van der Waals surface area contributed by atoms with E-state index in [9.17, 15) is 23.1 Å². The van der Waals surface area contributed by atoms with Gasteiger partial charge in [0.15, 0.2) is 0 Å². The molecule has 4 aromatic rings. The van der Waals surface area contributed by atoms with Crippen LogP contribution in [0.25, 0.3) is 22.0 Å². The van der Waals surface area contributed by atoms with Gasteiger partial charge < -0.3 is 24.0 Å². The van der Waals surface area contributed by atoms with Gasteiger partial charge in [-0.2, -0.15) is 13.2 Å². The van der Waals surface area contributed by atoms with Crippen LogP contribution in [0.5, 0.6) is 11.5 Å². The molecule has 0 aliphatic heterocycles. The number of aryl methyl sites for hydroxylation is 1. The third kappa shape index (κ3) is 6.12. The lowest BCUT2D eigenvalue weighted by molar-refractivity contribution is -0.137. The van der Waals surface area contributed by atoms with Gasteiger partial charge in [-0.1, -0.05) is 12.1 Å². The zero-order chi connectivity index (χ0) is 27.6. The molecule has 0 saturated carbocycles. The van der Waals surface area contributed by atoms with Gasteiger partial charge in [-0.25, -0.2) is 4.79 Å². The zero-order valence-electron chi connectivity index (χ0n) is 21.9. The largest absolute Gasteiger partial charge is 0.507 e. The molecule has 0 aliphatic carbocycles. The van der Waals surface area contributed by atoms with E-state index in [4.69, 9.17) is 9.47 Å². The van der Waals surface area contributed by atoms with E-state index in [1.807, 2.05) is 25.1 Å². The second-order valence-corrected chi connectivity index (χ2v) is 9.04. The summed E-state index contributed by atoms with van der Waals surface area (Å²) in [5.74, 6) is -0.609. The highest BCUT2D eigenvalue weighted by Gasteiger charge is 2.31. The lowest BCUT2D eigenvalue weighted by atomic mass is 9.96. The molecule has 0 aliphatic rings. The number of hydrogen-bond acceptors (Lipinski definition) is 6. The van der Waals surface area contributed by atoms with Crippen LogP contribution in [0.3, 0.4) is 0 Å². The Morgan fingerprint density at radius 3 is 2.51 bits per heavy atom. The molecular weight excluding hydrogens is 535 g/mol. The number of ether oxygens (including phenoxy) is 2. The third-order valence-corrected chi connectivity index (χ3v) is 6.15. The SMILES string of the molecule is CCOC(=O)c1c(COc2cccc(C(F)(F)F)c2)n(C)c2cc(-c3cccnc3)c(O)c(CN(C)C)c12.Cl. The average molecular weight is 564 g/mol. The van der Waals surface area contributed by atoms with E-state index in [0.717, 1.165) is 12.1 Å². The summed E-state index contributed by atoms with van der Waals surface area (Å²) < 4.78 is 52.5. The zero-order valence-corrected chi connectivity index (χ0v) is 22.7. The fraction of sp³-hybridized carbons (Fsp3) is 0.286. The number of esters is 1. The molecule has 0 atom stereocenters. The number of halogens is 4. The first-order valence-corrected chi connectivity index (χ1v) is 11.9. The molecule has 208 valence electrons. The van der Waals surface area contributed by atoms with Crippen LogP contribution in [0.15, 0.2) is 54.9 Å². The van der Waals surface area contributed by atoms with Crippen molar-refractivity contribution in [3.8, 4) is 22.6 Å². The number of alkyl halides is 3. The van der Waals surface area contributed by atoms with Crippen molar-refractivity contribution in [1.29, 1.82) is 0 Å². The molecule has 39 heavy (non-hydrogen) atoms. The van der Waals surface area contributed by atoms with Gasteiger partial charge in [0.1, 0.15) is 18.1 Å². The second-order valence-electron chi connectivity index (χ2n) is 9.04. The van der Waals surface area contributed by atoms with E-state index < -0.39 is 17.7 Å². The van der Waals surface area contributed by atoms with Crippen molar-refractivity contribution < 1.29 is 32.5 Å². The van der Waals surface area contributed by atoms with Crippen molar-refractivity contribution in [3.05, 3.63) is 77.2 Å². The maximum Gasteiger partial charge on any atom is 0.416 e. The molecule has 7 nitrogen and oxygen atoms in total. The number of phenols is 1. The van der Waals surface area contributed by atoms with Crippen LogP contribution in [0.1, 0.15) is 34.1 Å². The third-order valence-electron chi connectivity index (χ3n) is 6.15. The van der Waals surface area contributed by atoms with Crippen molar-refractivity contribution in [1.82, 2.24) is 14.5 Å². The molecule has 11 heteroatoms. The highest BCUT2D eigenvalue weighted by atomic mass is 35.5. The molecule has 1 N–H and O–H groups in total. The summed E-state index contributed by atoms with van der Waals surface area (Å²) in [6, 6.07) is 9.90. The molecule has 2 aromatic carbocycles. The number of nitrogens with zero attached hydrogens (tertiary/aromatic N) is 3. The average Bonchev–Trinajstić information content (AvgIpc) is 3.15. The quantitative estimate of drug-likeness (QED) is 0.257. The van der Waals surface area contributed by atoms with Crippen LogP contribution in [-0.2, 0) is 31.1 Å². The first-order chi connectivity index (χ1) is 18.0. The Morgan fingerprint density at radius 2 is 1.90 bits per heavy atom. The Balaban J connectivity index is 0.00000420. The number of benzene rings is 2. The number of carbonyl (C=O) groups is 1. The summed E-state index contributed by atoms with van der Waals surface area (Å²) in [6.45, 7) is 1.90. The number of carbonyl (C=O) groups excluding carboxylic acids is 1. The maximum atomic E-state index is 13.2. The monoisotopic (exact) mass is 563 g/mol. The number of rotatable bonds is 8. The van der Waals surface area contributed by atoms with Gasteiger partial charge in [0.05, 0.1) is 28.9 Å². The normalized spacial score (nSPS) is 11.5. The standard InChI is InChI=1S/C28H28F3N3O4.ClH/c1-5-37-27(36)25-23(16-38-19-10-6-9-18(12-19)28(29,30)31)34(4)22-13-20(17-8-7-11-32-14-17)26(35)21(24(22)25)15-33(2)3;/h6-14,35H,5,15-16H2,1-4H3;1H. The minimum absolute atomic E-state index is 0. The van der Waals surface area contributed by atoms with Gasteiger partial charge in [0.2, 0.25) is 0 Å². The van der Waals surface area contributed by atoms with Crippen LogP contribution in [-0.4, -0.2) is 46.2 Å². The Hall–Kier alpha value is -3.76. The molecule has 0 amide bonds. The molecular formula is C28H29ClF3N3O4. The van der Waals surface area contributed by atoms with E-state index in [1.54, 1.807) is 43.1 Å². The first-order valence-electron chi connectivity index (χ1n) is 11.9. The summed E-state index contributed by atoms with van der Waals surface area (Å²) in [5.41, 5.74) is 2.12. The number of aromatic nitrogens is 2. The molecule has 0 bridgehead atoms. The van der Waals surface area contributed by atoms with Crippen molar-refractivity contribution in [2.24, 2.45) is 7.05 Å². The van der Waals surface area contributed by atoms with Crippen LogP contribution in [0.2, 0.25) is 0 Å². The van der Waals surface area contributed by atoms with Gasteiger partial charge in [-0.05, 0) is 51.4 Å². The molecule has 0 unspecified atom stereocenters. The summed E-state index contributed by atoms with van der Waals surface area (Å²) in [6.07, 6.45) is -1.26. The van der Waals surface area contributed by atoms with Crippen LogP contribution < -0.4 is 4.74 Å². The molecule has 2 aromatic heterocycles.